The zero-order valence-electron chi connectivity index (χ0n) is 11.0. The van der Waals surface area contributed by atoms with Gasteiger partial charge in [0, 0.05) is 17.3 Å². The van der Waals surface area contributed by atoms with Crippen LogP contribution in [0.15, 0.2) is 6.07 Å². The van der Waals surface area contributed by atoms with Gasteiger partial charge in [-0.1, -0.05) is 13.3 Å². The van der Waals surface area contributed by atoms with E-state index in [2.05, 4.69) is 12.2 Å². The van der Waals surface area contributed by atoms with Gasteiger partial charge in [-0.15, -0.1) is 11.3 Å². The number of thiophene rings is 1. The van der Waals surface area contributed by atoms with E-state index >= 15 is 0 Å². The largest absolute Gasteiger partial charge is 0.393 e. The van der Waals surface area contributed by atoms with Gasteiger partial charge in [-0.25, -0.2) is 0 Å². The Hall–Kier alpha value is -0.870. The minimum absolute atomic E-state index is 0.00176. The number of hydrogen-bond acceptors (Lipinski definition) is 3. The lowest BCUT2D eigenvalue weighted by Crippen LogP contribution is -2.32. The van der Waals surface area contributed by atoms with Crippen molar-refractivity contribution in [1.29, 1.82) is 0 Å². The zero-order valence-corrected chi connectivity index (χ0v) is 11.8. The van der Waals surface area contributed by atoms with Crippen LogP contribution in [-0.4, -0.2) is 23.7 Å². The van der Waals surface area contributed by atoms with Gasteiger partial charge in [0.2, 0.25) is 0 Å². The van der Waals surface area contributed by atoms with Crippen LogP contribution in [0.2, 0.25) is 0 Å². The highest BCUT2D eigenvalue weighted by molar-refractivity contribution is 7.14. The fourth-order valence-electron chi connectivity index (χ4n) is 2.55. The van der Waals surface area contributed by atoms with E-state index in [0.717, 1.165) is 30.6 Å². The molecule has 1 heterocycles. The maximum atomic E-state index is 12.0. The molecule has 1 aliphatic rings. The van der Waals surface area contributed by atoms with Crippen LogP contribution in [0, 0.1) is 12.8 Å². The summed E-state index contributed by atoms with van der Waals surface area (Å²) in [5.41, 5.74) is 1.20. The van der Waals surface area contributed by atoms with Crippen molar-refractivity contribution in [2.75, 3.05) is 6.54 Å². The van der Waals surface area contributed by atoms with Gasteiger partial charge in [0.05, 0.1) is 11.0 Å². The van der Waals surface area contributed by atoms with Crippen molar-refractivity contribution < 1.29 is 9.90 Å². The van der Waals surface area contributed by atoms with Crippen molar-refractivity contribution in [1.82, 2.24) is 5.32 Å². The van der Waals surface area contributed by atoms with E-state index in [9.17, 15) is 9.90 Å². The van der Waals surface area contributed by atoms with E-state index in [-0.39, 0.29) is 17.9 Å². The lowest BCUT2D eigenvalue weighted by molar-refractivity contribution is 0.0920. The summed E-state index contributed by atoms with van der Waals surface area (Å²) in [5.74, 6) is 0.238. The SMILES string of the molecule is CCc1sc(C(=O)NCC2CCCC2O)cc1C. The predicted molar refractivity (Wildman–Crippen MR) is 74.1 cm³/mol. The first kappa shape index (κ1) is 13.6. The molecule has 2 N–H and O–H groups in total. The smallest absolute Gasteiger partial charge is 0.261 e. The van der Waals surface area contributed by atoms with E-state index in [1.807, 2.05) is 13.0 Å². The van der Waals surface area contributed by atoms with Crippen molar-refractivity contribution in [2.45, 2.75) is 45.6 Å². The first-order valence-electron chi connectivity index (χ1n) is 6.67. The summed E-state index contributed by atoms with van der Waals surface area (Å²) < 4.78 is 0. The van der Waals surface area contributed by atoms with Crippen LogP contribution in [0.4, 0.5) is 0 Å². The lowest BCUT2D eigenvalue weighted by Gasteiger charge is -2.14. The molecule has 0 saturated heterocycles. The molecule has 1 fully saturated rings. The fourth-order valence-corrected chi connectivity index (χ4v) is 3.58. The Balaban J connectivity index is 1.91. The Bertz CT molecular complexity index is 427. The van der Waals surface area contributed by atoms with E-state index in [1.54, 1.807) is 11.3 Å². The van der Waals surface area contributed by atoms with Crippen LogP contribution in [0.5, 0.6) is 0 Å². The molecule has 0 aromatic carbocycles. The number of nitrogens with one attached hydrogen (secondary N) is 1. The molecule has 2 rings (SSSR count). The quantitative estimate of drug-likeness (QED) is 0.880. The Labute approximate surface area is 112 Å². The first-order valence-corrected chi connectivity index (χ1v) is 7.49. The summed E-state index contributed by atoms with van der Waals surface area (Å²) in [6.07, 6.45) is 3.70. The van der Waals surface area contributed by atoms with Crippen LogP contribution in [0.1, 0.15) is 46.3 Å². The third kappa shape index (κ3) is 2.93. The van der Waals surface area contributed by atoms with Gasteiger partial charge in [-0.05, 0) is 37.8 Å². The van der Waals surface area contributed by atoms with Gasteiger partial charge in [-0.3, -0.25) is 4.79 Å². The maximum absolute atomic E-state index is 12.0. The molecular weight excluding hydrogens is 246 g/mol. The summed E-state index contributed by atoms with van der Waals surface area (Å²) in [5, 5.41) is 12.7. The minimum atomic E-state index is -0.235. The van der Waals surface area contributed by atoms with Crippen LogP contribution in [-0.2, 0) is 6.42 Å². The molecule has 0 radical (unpaired) electrons. The summed E-state index contributed by atoms with van der Waals surface area (Å²) in [6.45, 7) is 4.75. The molecule has 4 heteroatoms. The highest BCUT2D eigenvalue weighted by Gasteiger charge is 2.25. The molecule has 1 aromatic rings. The second-order valence-corrected chi connectivity index (χ2v) is 6.18. The van der Waals surface area contributed by atoms with Gasteiger partial charge in [-0.2, -0.15) is 0 Å². The summed E-state index contributed by atoms with van der Waals surface area (Å²) in [7, 11) is 0. The van der Waals surface area contributed by atoms with Crippen LogP contribution in [0.25, 0.3) is 0 Å². The number of aryl methyl sites for hydroxylation is 2. The van der Waals surface area contributed by atoms with Gasteiger partial charge < -0.3 is 10.4 Å². The summed E-state index contributed by atoms with van der Waals surface area (Å²) in [6, 6.07) is 1.96. The standard InChI is InChI=1S/C14H21NO2S/c1-3-12-9(2)7-13(18-12)14(17)15-8-10-5-4-6-11(10)16/h7,10-11,16H,3-6,8H2,1-2H3,(H,15,17). The number of aliphatic hydroxyl groups is 1. The average molecular weight is 267 g/mol. The molecule has 1 aliphatic carbocycles. The Morgan fingerprint density at radius 3 is 2.89 bits per heavy atom. The molecule has 1 saturated carbocycles. The van der Waals surface area contributed by atoms with Crippen molar-refractivity contribution >= 4 is 17.2 Å². The Morgan fingerprint density at radius 2 is 2.33 bits per heavy atom. The minimum Gasteiger partial charge on any atom is -0.393 e. The molecule has 1 aromatic heterocycles. The fraction of sp³-hybridized carbons (Fsp3) is 0.643. The number of aliphatic hydroxyl groups excluding tert-OH is 1. The van der Waals surface area contributed by atoms with Gasteiger partial charge >= 0.3 is 0 Å². The van der Waals surface area contributed by atoms with Crippen molar-refractivity contribution in [3.8, 4) is 0 Å². The number of carbonyl (C=O) groups excluding carboxylic acids is 1. The molecule has 0 bridgehead atoms. The third-order valence-electron chi connectivity index (χ3n) is 3.71. The highest BCUT2D eigenvalue weighted by atomic mass is 32.1. The molecule has 3 nitrogen and oxygen atoms in total. The monoisotopic (exact) mass is 267 g/mol. The predicted octanol–water partition coefficient (Wildman–Crippen LogP) is 2.51. The number of amides is 1. The number of carbonyl (C=O) groups is 1. The molecule has 100 valence electrons. The number of rotatable bonds is 4. The van der Waals surface area contributed by atoms with Crippen LogP contribution < -0.4 is 5.32 Å². The first-order chi connectivity index (χ1) is 8.61. The molecule has 18 heavy (non-hydrogen) atoms. The molecule has 0 aliphatic heterocycles. The van der Waals surface area contributed by atoms with Crippen molar-refractivity contribution in [2.24, 2.45) is 5.92 Å². The molecule has 0 spiro atoms. The summed E-state index contributed by atoms with van der Waals surface area (Å²) >= 11 is 1.58. The third-order valence-corrected chi connectivity index (χ3v) is 5.09. The lowest BCUT2D eigenvalue weighted by atomic mass is 10.1. The molecule has 1 amide bonds. The second kappa shape index (κ2) is 5.85. The van der Waals surface area contributed by atoms with Crippen molar-refractivity contribution in [3.63, 3.8) is 0 Å². The van der Waals surface area contributed by atoms with Gasteiger partial charge in [0.1, 0.15) is 0 Å². The normalized spacial score (nSPS) is 23.3. The average Bonchev–Trinajstić information content (AvgIpc) is 2.92. The Kier molecular flexibility index (Phi) is 4.40. The van der Waals surface area contributed by atoms with Crippen LogP contribution >= 0.6 is 11.3 Å². The molecule has 2 unspecified atom stereocenters. The van der Waals surface area contributed by atoms with E-state index in [1.165, 1.54) is 10.4 Å². The Morgan fingerprint density at radius 1 is 1.56 bits per heavy atom. The summed E-state index contributed by atoms with van der Waals surface area (Å²) in [4.78, 5) is 14.1. The maximum Gasteiger partial charge on any atom is 0.261 e. The molecule has 2 atom stereocenters. The van der Waals surface area contributed by atoms with Gasteiger partial charge in [0.25, 0.3) is 5.91 Å². The second-order valence-electron chi connectivity index (χ2n) is 5.04. The van der Waals surface area contributed by atoms with Crippen LogP contribution in [0.3, 0.4) is 0 Å². The van der Waals surface area contributed by atoms with Crippen molar-refractivity contribution in [3.05, 3.63) is 21.4 Å². The zero-order chi connectivity index (χ0) is 13.1. The topological polar surface area (TPSA) is 49.3 Å². The highest BCUT2D eigenvalue weighted by Crippen LogP contribution is 2.25. The molecular formula is C14H21NO2S. The van der Waals surface area contributed by atoms with E-state index < -0.39 is 0 Å². The van der Waals surface area contributed by atoms with E-state index in [4.69, 9.17) is 0 Å². The van der Waals surface area contributed by atoms with Gasteiger partial charge in [0.15, 0.2) is 0 Å². The van der Waals surface area contributed by atoms with E-state index in [0.29, 0.717) is 6.54 Å². The number of hydrogen-bond donors (Lipinski definition) is 2.